The zero-order valence-electron chi connectivity index (χ0n) is 10.7. The standard InChI is InChI=1S/C14H18N2O2/c1-12(2)16-9-8-15(14(16)17)10-11-18-13-6-4-3-5-7-13/h3-9,12H,10-11H2,1-2H3. The van der Waals surface area contributed by atoms with Crippen molar-refractivity contribution in [1.29, 1.82) is 0 Å². The van der Waals surface area contributed by atoms with Gasteiger partial charge in [-0.2, -0.15) is 0 Å². The van der Waals surface area contributed by atoms with Crippen LogP contribution < -0.4 is 10.4 Å². The fourth-order valence-electron chi connectivity index (χ4n) is 1.77. The van der Waals surface area contributed by atoms with Gasteiger partial charge in [0.05, 0.1) is 6.54 Å². The lowest BCUT2D eigenvalue weighted by molar-refractivity contribution is 0.295. The van der Waals surface area contributed by atoms with Crippen molar-refractivity contribution >= 4 is 0 Å². The van der Waals surface area contributed by atoms with Crippen molar-refractivity contribution in [3.05, 3.63) is 53.2 Å². The Morgan fingerprint density at radius 3 is 2.50 bits per heavy atom. The van der Waals surface area contributed by atoms with Crippen molar-refractivity contribution in [2.45, 2.75) is 26.4 Å². The number of rotatable bonds is 5. The first-order valence-electron chi connectivity index (χ1n) is 6.13. The van der Waals surface area contributed by atoms with Crippen LogP contribution in [0.15, 0.2) is 47.5 Å². The topological polar surface area (TPSA) is 36.2 Å². The molecule has 0 aliphatic carbocycles. The van der Waals surface area contributed by atoms with Crippen LogP contribution in [0.25, 0.3) is 0 Å². The highest BCUT2D eigenvalue weighted by Crippen LogP contribution is 2.08. The Kier molecular flexibility index (Phi) is 3.87. The van der Waals surface area contributed by atoms with Crippen molar-refractivity contribution in [3.8, 4) is 5.75 Å². The van der Waals surface area contributed by atoms with Crippen molar-refractivity contribution < 1.29 is 4.74 Å². The third-order valence-electron chi connectivity index (χ3n) is 2.77. The monoisotopic (exact) mass is 246 g/mol. The van der Waals surface area contributed by atoms with Crippen molar-refractivity contribution in [3.63, 3.8) is 0 Å². The SMILES string of the molecule is CC(C)n1ccn(CCOc2ccccc2)c1=O. The summed E-state index contributed by atoms with van der Waals surface area (Å²) in [6, 6.07) is 9.80. The average molecular weight is 246 g/mol. The second kappa shape index (κ2) is 5.58. The highest BCUT2D eigenvalue weighted by atomic mass is 16.5. The molecule has 0 fully saturated rings. The number of ether oxygens (including phenoxy) is 1. The van der Waals surface area contributed by atoms with E-state index in [1.807, 2.05) is 50.4 Å². The summed E-state index contributed by atoms with van der Waals surface area (Å²) in [6.07, 6.45) is 3.62. The Balaban J connectivity index is 1.93. The van der Waals surface area contributed by atoms with Crippen LogP contribution in [0.1, 0.15) is 19.9 Å². The molecule has 96 valence electrons. The lowest BCUT2D eigenvalue weighted by atomic mass is 10.3. The maximum Gasteiger partial charge on any atom is 0.328 e. The van der Waals surface area contributed by atoms with Gasteiger partial charge in [0.15, 0.2) is 0 Å². The summed E-state index contributed by atoms with van der Waals surface area (Å²) in [5, 5.41) is 0. The van der Waals surface area contributed by atoms with Crippen molar-refractivity contribution in [1.82, 2.24) is 9.13 Å². The lowest BCUT2D eigenvalue weighted by Crippen LogP contribution is -2.26. The van der Waals surface area contributed by atoms with Crippen LogP contribution in [-0.4, -0.2) is 15.7 Å². The largest absolute Gasteiger partial charge is 0.492 e. The third kappa shape index (κ3) is 2.83. The molecular formula is C14H18N2O2. The van der Waals surface area contributed by atoms with Crippen LogP contribution in [0.4, 0.5) is 0 Å². The molecule has 2 aromatic rings. The summed E-state index contributed by atoms with van der Waals surface area (Å²) in [5.74, 6) is 0.828. The Labute approximate surface area is 106 Å². The van der Waals surface area contributed by atoms with E-state index in [9.17, 15) is 4.79 Å². The number of imidazole rings is 1. The molecule has 0 amide bonds. The molecule has 4 heteroatoms. The highest BCUT2D eigenvalue weighted by Gasteiger charge is 2.05. The number of benzene rings is 1. The molecule has 18 heavy (non-hydrogen) atoms. The quantitative estimate of drug-likeness (QED) is 0.811. The number of hydrogen-bond acceptors (Lipinski definition) is 2. The molecule has 0 radical (unpaired) electrons. The fraction of sp³-hybridized carbons (Fsp3) is 0.357. The van der Waals surface area contributed by atoms with E-state index in [-0.39, 0.29) is 11.7 Å². The van der Waals surface area contributed by atoms with Crippen LogP contribution in [-0.2, 0) is 6.54 Å². The minimum Gasteiger partial charge on any atom is -0.492 e. The van der Waals surface area contributed by atoms with Crippen LogP contribution >= 0.6 is 0 Å². The van der Waals surface area contributed by atoms with E-state index in [4.69, 9.17) is 4.74 Å². The normalized spacial score (nSPS) is 10.8. The maximum atomic E-state index is 11.9. The Morgan fingerprint density at radius 1 is 1.17 bits per heavy atom. The van der Waals surface area contributed by atoms with E-state index in [0.29, 0.717) is 13.2 Å². The van der Waals surface area contributed by atoms with Crippen LogP contribution in [0, 0.1) is 0 Å². The summed E-state index contributed by atoms with van der Waals surface area (Å²) in [4.78, 5) is 11.9. The van der Waals surface area contributed by atoms with Crippen LogP contribution in [0.5, 0.6) is 5.75 Å². The Bertz CT molecular complexity index is 540. The molecule has 0 bridgehead atoms. The molecule has 0 atom stereocenters. The minimum atomic E-state index is 0.0154. The zero-order chi connectivity index (χ0) is 13.0. The molecule has 1 aromatic heterocycles. The Morgan fingerprint density at radius 2 is 1.89 bits per heavy atom. The molecule has 2 rings (SSSR count). The second-order valence-corrected chi connectivity index (χ2v) is 4.44. The predicted molar refractivity (Wildman–Crippen MR) is 71.0 cm³/mol. The molecule has 1 heterocycles. The van der Waals surface area contributed by atoms with Crippen LogP contribution in [0.3, 0.4) is 0 Å². The molecule has 0 unspecified atom stereocenters. The summed E-state index contributed by atoms with van der Waals surface area (Å²) in [7, 11) is 0. The van der Waals surface area contributed by atoms with Gasteiger partial charge in [-0.05, 0) is 26.0 Å². The molecule has 0 spiro atoms. The number of nitrogens with zero attached hydrogens (tertiary/aromatic N) is 2. The minimum absolute atomic E-state index is 0.0154. The molecule has 0 aliphatic heterocycles. The molecule has 0 saturated heterocycles. The second-order valence-electron chi connectivity index (χ2n) is 4.44. The maximum absolute atomic E-state index is 11.9. The van der Waals surface area contributed by atoms with E-state index in [1.54, 1.807) is 15.3 Å². The number of para-hydroxylation sites is 1. The number of hydrogen-bond donors (Lipinski definition) is 0. The first-order chi connectivity index (χ1) is 8.68. The van der Waals surface area contributed by atoms with Gasteiger partial charge in [0, 0.05) is 18.4 Å². The Hall–Kier alpha value is -1.97. The van der Waals surface area contributed by atoms with Gasteiger partial charge in [0.1, 0.15) is 12.4 Å². The van der Waals surface area contributed by atoms with Gasteiger partial charge in [-0.25, -0.2) is 4.79 Å². The number of aromatic nitrogens is 2. The van der Waals surface area contributed by atoms with Crippen molar-refractivity contribution in [2.75, 3.05) is 6.61 Å². The van der Waals surface area contributed by atoms with Gasteiger partial charge in [-0.15, -0.1) is 0 Å². The van der Waals surface area contributed by atoms with E-state index in [1.165, 1.54) is 0 Å². The van der Waals surface area contributed by atoms with E-state index in [0.717, 1.165) is 5.75 Å². The van der Waals surface area contributed by atoms with E-state index < -0.39 is 0 Å². The lowest BCUT2D eigenvalue weighted by Gasteiger charge is -2.07. The molecular weight excluding hydrogens is 228 g/mol. The highest BCUT2D eigenvalue weighted by molar-refractivity contribution is 5.20. The smallest absolute Gasteiger partial charge is 0.328 e. The summed E-state index contributed by atoms with van der Waals surface area (Å²) in [6.45, 7) is 5.04. The first kappa shape index (κ1) is 12.5. The van der Waals surface area contributed by atoms with Gasteiger partial charge < -0.3 is 4.74 Å². The van der Waals surface area contributed by atoms with Crippen molar-refractivity contribution in [2.24, 2.45) is 0 Å². The van der Waals surface area contributed by atoms with Gasteiger partial charge in [-0.1, -0.05) is 18.2 Å². The average Bonchev–Trinajstić information content (AvgIpc) is 2.73. The van der Waals surface area contributed by atoms with E-state index in [2.05, 4.69) is 0 Å². The molecule has 4 nitrogen and oxygen atoms in total. The fourth-order valence-corrected chi connectivity index (χ4v) is 1.77. The summed E-state index contributed by atoms with van der Waals surface area (Å²) >= 11 is 0. The first-order valence-corrected chi connectivity index (χ1v) is 6.13. The van der Waals surface area contributed by atoms with Gasteiger partial charge in [-0.3, -0.25) is 9.13 Å². The van der Waals surface area contributed by atoms with E-state index >= 15 is 0 Å². The zero-order valence-corrected chi connectivity index (χ0v) is 10.7. The van der Waals surface area contributed by atoms with Gasteiger partial charge in [0.2, 0.25) is 0 Å². The van der Waals surface area contributed by atoms with Gasteiger partial charge >= 0.3 is 5.69 Å². The summed E-state index contributed by atoms with van der Waals surface area (Å²) < 4.78 is 8.95. The van der Waals surface area contributed by atoms with Crippen LogP contribution in [0.2, 0.25) is 0 Å². The molecule has 0 aliphatic rings. The molecule has 0 saturated carbocycles. The predicted octanol–water partition coefficient (Wildman–Crippen LogP) is 2.31. The van der Waals surface area contributed by atoms with Gasteiger partial charge in [0.25, 0.3) is 0 Å². The third-order valence-corrected chi connectivity index (χ3v) is 2.77. The summed E-state index contributed by atoms with van der Waals surface area (Å²) in [5.41, 5.74) is 0.0154. The molecule has 0 N–H and O–H groups in total. The molecule has 1 aromatic carbocycles.